The zero-order valence-corrected chi connectivity index (χ0v) is 18.0. The summed E-state index contributed by atoms with van der Waals surface area (Å²) in [5, 5.41) is 0. The summed E-state index contributed by atoms with van der Waals surface area (Å²) in [6.45, 7) is 3.25. The van der Waals surface area contributed by atoms with Gasteiger partial charge in [0.1, 0.15) is 5.82 Å². The topological polar surface area (TPSA) is 36.0 Å². The van der Waals surface area contributed by atoms with Crippen molar-refractivity contribution in [2.75, 3.05) is 55.7 Å². The number of carbonyl (C=O) groups is 1. The largest absolute Gasteiger partial charge is 0.416 e. The van der Waals surface area contributed by atoms with Gasteiger partial charge >= 0.3 is 6.18 Å². The van der Waals surface area contributed by atoms with E-state index >= 15 is 0 Å². The molecule has 9 heteroatoms. The summed E-state index contributed by atoms with van der Waals surface area (Å²) in [6, 6.07) is 10.1. The van der Waals surface area contributed by atoms with Crippen LogP contribution >= 0.6 is 0 Å². The first-order valence-electron chi connectivity index (χ1n) is 11.2. The summed E-state index contributed by atoms with van der Waals surface area (Å²) in [5.74, 6) is -0.923. The Morgan fingerprint density at radius 1 is 0.970 bits per heavy atom. The Kier molecular flexibility index (Phi) is 5.68. The molecule has 0 spiro atoms. The van der Waals surface area contributed by atoms with Crippen LogP contribution in [0.2, 0.25) is 0 Å². The van der Waals surface area contributed by atoms with Gasteiger partial charge in [-0.3, -0.25) is 4.79 Å². The van der Waals surface area contributed by atoms with E-state index in [4.69, 9.17) is 4.74 Å². The second-order valence-electron chi connectivity index (χ2n) is 8.75. The minimum Gasteiger partial charge on any atom is -0.378 e. The van der Waals surface area contributed by atoms with Gasteiger partial charge in [-0.05, 0) is 42.3 Å². The number of hydrogen-bond donors (Lipinski definition) is 0. The van der Waals surface area contributed by atoms with E-state index in [1.165, 1.54) is 18.2 Å². The molecule has 2 atom stereocenters. The zero-order valence-electron chi connectivity index (χ0n) is 18.0. The normalized spacial score (nSPS) is 23.2. The smallest absolute Gasteiger partial charge is 0.378 e. The number of rotatable bonds is 2. The van der Waals surface area contributed by atoms with Crippen LogP contribution in [0.25, 0.3) is 0 Å². The molecule has 1 amide bonds. The highest BCUT2D eigenvalue weighted by Crippen LogP contribution is 2.41. The van der Waals surface area contributed by atoms with Crippen molar-refractivity contribution >= 4 is 17.3 Å². The quantitative estimate of drug-likeness (QED) is 0.639. The van der Waals surface area contributed by atoms with Gasteiger partial charge < -0.3 is 19.4 Å². The highest BCUT2D eigenvalue weighted by Gasteiger charge is 2.44. The van der Waals surface area contributed by atoms with Crippen LogP contribution in [0.3, 0.4) is 0 Å². The first-order valence-corrected chi connectivity index (χ1v) is 11.2. The Labute approximate surface area is 189 Å². The number of amides is 1. The van der Waals surface area contributed by atoms with Gasteiger partial charge in [0, 0.05) is 38.4 Å². The summed E-state index contributed by atoms with van der Waals surface area (Å²) in [4.78, 5) is 19.3. The summed E-state index contributed by atoms with van der Waals surface area (Å²) < 4.78 is 60.0. The fraction of sp³-hybridized carbons (Fsp3) is 0.458. The number of alkyl halides is 3. The van der Waals surface area contributed by atoms with Gasteiger partial charge in [0.15, 0.2) is 0 Å². The number of anilines is 2. The summed E-state index contributed by atoms with van der Waals surface area (Å²) in [7, 11) is 0. The molecule has 2 aromatic rings. The Bertz CT molecular complexity index is 1040. The Morgan fingerprint density at radius 2 is 1.73 bits per heavy atom. The number of carbonyl (C=O) groups excluding carboxylic acids is 1. The summed E-state index contributed by atoms with van der Waals surface area (Å²) in [5.41, 5.74) is 1.04. The van der Waals surface area contributed by atoms with Crippen LogP contribution in [-0.2, 0) is 22.1 Å². The van der Waals surface area contributed by atoms with Crippen LogP contribution in [0.5, 0.6) is 0 Å². The predicted octanol–water partition coefficient (Wildman–Crippen LogP) is 3.57. The average Bonchev–Trinajstić information content (AvgIpc) is 2.82. The molecular weight excluding hydrogens is 438 g/mol. The van der Waals surface area contributed by atoms with Crippen LogP contribution in [0.1, 0.15) is 11.1 Å². The summed E-state index contributed by atoms with van der Waals surface area (Å²) in [6.07, 6.45) is -4.22. The third-order valence-corrected chi connectivity index (χ3v) is 6.87. The number of halogens is 4. The van der Waals surface area contributed by atoms with Crippen molar-refractivity contribution in [3.05, 3.63) is 59.4 Å². The van der Waals surface area contributed by atoms with E-state index in [1.54, 1.807) is 23.1 Å². The molecular formula is C24H25F4N3O2. The molecule has 0 bridgehead atoms. The summed E-state index contributed by atoms with van der Waals surface area (Å²) >= 11 is 0. The molecule has 5 nitrogen and oxygen atoms in total. The number of piperazine rings is 1. The second-order valence-corrected chi connectivity index (χ2v) is 8.75. The minimum absolute atomic E-state index is 0.0771. The Hall–Kier alpha value is -2.81. The van der Waals surface area contributed by atoms with E-state index in [1.807, 2.05) is 9.80 Å². The highest BCUT2D eigenvalue weighted by molar-refractivity contribution is 5.82. The lowest BCUT2D eigenvalue weighted by Crippen LogP contribution is -2.62. The van der Waals surface area contributed by atoms with E-state index in [0.29, 0.717) is 57.2 Å². The fourth-order valence-electron chi connectivity index (χ4n) is 5.23. The van der Waals surface area contributed by atoms with Gasteiger partial charge in [0.05, 0.1) is 36.4 Å². The molecule has 3 aliphatic rings. The molecule has 2 saturated heterocycles. The maximum absolute atomic E-state index is 14.5. The van der Waals surface area contributed by atoms with Crippen molar-refractivity contribution in [1.29, 1.82) is 0 Å². The molecule has 176 valence electrons. The van der Waals surface area contributed by atoms with Crippen molar-refractivity contribution in [3.8, 4) is 0 Å². The predicted molar refractivity (Wildman–Crippen MR) is 116 cm³/mol. The van der Waals surface area contributed by atoms with Crippen LogP contribution in [-0.4, -0.2) is 62.8 Å². The van der Waals surface area contributed by atoms with E-state index in [2.05, 4.69) is 0 Å². The highest BCUT2D eigenvalue weighted by atomic mass is 19.4. The van der Waals surface area contributed by atoms with Gasteiger partial charge in [-0.1, -0.05) is 12.1 Å². The number of nitrogens with zero attached hydrogens (tertiary/aromatic N) is 3. The SMILES string of the molecule is O=C([C@@H]1Cc2cc(C(F)(F)F)ccc2N2CCN(c3ccccc3F)C[C@@H]12)N1CCOCC1. The lowest BCUT2D eigenvalue weighted by Gasteiger charge is -2.50. The van der Waals surface area contributed by atoms with Crippen LogP contribution in [0.4, 0.5) is 28.9 Å². The van der Waals surface area contributed by atoms with Crippen LogP contribution in [0.15, 0.2) is 42.5 Å². The van der Waals surface area contributed by atoms with Crippen molar-refractivity contribution < 1.29 is 27.1 Å². The second kappa shape index (κ2) is 8.52. The number of hydrogen-bond acceptors (Lipinski definition) is 4. The molecule has 5 rings (SSSR count). The third kappa shape index (κ3) is 4.14. The van der Waals surface area contributed by atoms with E-state index in [0.717, 1.165) is 11.8 Å². The monoisotopic (exact) mass is 463 g/mol. The average molecular weight is 463 g/mol. The van der Waals surface area contributed by atoms with Crippen molar-refractivity contribution in [2.45, 2.75) is 18.6 Å². The molecule has 3 heterocycles. The van der Waals surface area contributed by atoms with Gasteiger partial charge in [-0.15, -0.1) is 0 Å². The molecule has 0 aliphatic carbocycles. The molecule has 2 aromatic carbocycles. The first kappa shape index (κ1) is 22.0. The molecule has 0 aromatic heterocycles. The van der Waals surface area contributed by atoms with E-state index < -0.39 is 17.7 Å². The number of morpholine rings is 1. The number of benzene rings is 2. The first-order chi connectivity index (χ1) is 15.8. The van der Waals surface area contributed by atoms with Crippen LogP contribution in [0, 0.1) is 11.7 Å². The Morgan fingerprint density at radius 3 is 2.45 bits per heavy atom. The standard InChI is InChI=1S/C24H25F4N3O2/c25-19-3-1-2-4-21(19)30-7-8-31-20-6-5-17(24(26,27)28)13-16(20)14-18(22(31)15-30)23(32)29-9-11-33-12-10-29/h1-6,13,18,22H,7-12,14-15H2/t18-,22+/m1/s1. The Balaban J connectivity index is 1.50. The molecule has 0 radical (unpaired) electrons. The molecule has 0 saturated carbocycles. The van der Waals surface area contributed by atoms with Gasteiger partial charge in [-0.2, -0.15) is 13.2 Å². The molecule has 2 fully saturated rings. The van der Waals surface area contributed by atoms with Crippen molar-refractivity contribution in [1.82, 2.24) is 4.90 Å². The number of ether oxygens (including phenoxy) is 1. The third-order valence-electron chi connectivity index (χ3n) is 6.87. The fourth-order valence-corrected chi connectivity index (χ4v) is 5.23. The van der Waals surface area contributed by atoms with Gasteiger partial charge in [-0.25, -0.2) is 4.39 Å². The van der Waals surface area contributed by atoms with E-state index in [-0.39, 0.29) is 24.2 Å². The van der Waals surface area contributed by atoms with E-state index in [9.17, 15) is 22.4 Å². The lowest BCUT2D eigenvalue weighted by atomic mass is 9.82. The molecule has 0 N–H and O–H groups in total. The zero-order chi connectivity index (χ0) is 23.2. The van der Waals surface area contributed by atoms with Crippen LogP contribution < -0.4 is 9.80 Å². The van der Waals surface area contributed by atoms with Gasteiger partial charge in [0.2, 0.25) is 5.91 Å². The van der Waals surface area contributed by atoms with Crippen molar-refractivity contribution in [3.63, 3.8) is 0 Å². The minimum atomic E-state index is -4.45. The maximum Gasteiger partial charge on any atom is 0.416 e. The van der Waals surface area contributed by atoms with Gasteiger partial charge in [0.25, 0.3) is 0 Å². The molecule has 3 aliphatic heterocycles. The number of para-hydroxylation sites is 1. The number of fused-ring (bicyclic) bond motifs is 3. The molecule has 33 heavy (non-hydrogen) atoms. The maximum atomic E-state index is 14.5. The van der Waals surface area contributed by atoms with Crippen molar-refractivity contribution in [2.24, 2.45) is 5.92 Å². The lowest BCUT2D eigenvalue weighted by molar-refractivity contribution is -0.140. The molecule has 0 unspecified atom stereocenters.